The molecule has 0 aromatic heterocycles. The van der Waals surface area contributed by atoms with Gasteiger partial charge in [0.1, 0.15) is 6.61 Å². The van der Waals surface area contributed by atoms with Crippen molar-refractivity contribution in [2.75, 3.05) is 26.4 Å². The first-order valence-corrected chi connectivity index (χ1v) is 22.5. The molecule has 0 saturated heterocycles. The highest BCUT2D eigenvalue weighted by atomic mass is 31.2. The van der Waals surface area contributed by atoms with Crippen molar-refractivity contribution >= 4 is 19.8 Å². The van der Waals surface area contributed by atoms with E-state index in [0.717, 1.165) is 83.5 Å². The molecule has 10 heteroatoms. The predicted octanol–water partition coefficient (Wildman–Crippen LogP) is 12.2. The number of hydrogen-bond acceptors (Lipinski definition) is 8. The van der Waals surface area contributed by atoms with Crippen molar-refractivity contribution in [2.24, 2.45) is 5.73 Å². The van der Waals surface area contributed by atoms with E-state index in [1.54, 1.807) is 0 Å². The maximum Gasteiger partial charge on any atom is 0.472 e. The smallest absolute Gasteiger partial charge is 0.462 e. The van der Waals surface area contributed by atoms with Crippen LogP contribution in [0.1, 0.15) is 129 Å². The van der Waals surface area contributed by atoms with E-state index in [1.165, 1.54) is 0 Å². The van der Waals surface area contributed by atoms with Crippen molar-refractivity contribution in [3.05, 3.63) is 122 Å². The van der Waals surface area contributed by atoms with Crippen molar-refractivity contribution in [1.29, 1.82) is 0 Å². The fourth-order valence-corrected chi connectivity index (χ4v) is 5.58. The van der Waals surface area contributed by atoms with Crippen LogP contribution in [0.5, 0.6) is 0 Å². The summed E-state index contributed by atoms with van der Waals surface area (Å²) >= 11 is 0. The molecule has 0 spiro atoms. The number of carbonyl (C=O) groups is 2. The fourth-order valence-electron chi connectivity index (χ4n) is 4.81. The van der Waals surface area contributed by atoms with Crippen LogP contribution in [0.4, 0.5) is 0 Å². The number of phosphoric acid groups is 1. The molecule has 3 N–H and O–H groups in total. The number of hydrogen-bond donors (Lipinski definition) is 2. The Labute approximate surface area is 345 Å². The summed E-state index contributed by atoms with van der Waals surface area (Å²) in [7, 11) is -4.41. The molecule has 2 atom stereocenters. The SMILES string of the molecule is CC/C=C\C/C=C\C/C=C\C/C=C\C/C=C\CCCCCC(=O)OC[C@H](COP(=O)(O)OCCN)OC(=O)CCC/C=C\C/C=C\C/C=C\C/C=C\C/C=C\CC. The summed E-state index contributed by atoms with van der Waals surface area (Å²) in [5.74, 6) is -0.950. The van der Waals surface area contributed by atoms with Crippen LogP contribution in [0.15, 0.2) is 122 Å². The van der Waals surface area contributed by atoms with Crippen molar-refractivity contribution in [1.82, 2.24) is 0 Å². The van der Waals surface area contributed by atoms with Crippen LogP contribution >= 0.6 is 7.82 Å². The summed E-state index contributed by atoms with van der Waals surface area (Å²) in [4.78, 5) is 34.8. The van der Waals surface area contributed by atoms with Gasteiger partial charge in [0, 0.05) is 19.4 Å². The second-order valence-electron chi connectivity index (χ2n) is 13.1. The highest BCUT2D eigenvalue weighted by Crippen LogP contribution is 2.43. The van der Waals surface area contributed by atoms with E-state index < -0.39 is 32.5 Å². The first-order valence-electron chi connectivity index (χ1n) is 21.0. The van der Waals surface area contributed by atoms with Crippen LogP contribution in [0.2, 0.25) is 0 Å². The minimum absolute atomic E-state index is 0.0319. The van der Waals surface area contributed by atoms with Crippen LogP contribution in [0, 0.1) is 0 Å². The topological polar surface area (TPSA) is 134 Å². The highest BCUT2D eigenvalue weighted by molar-refractivity contribution is 7.47. The minimum atomic E-state index is -4.41. The summed E-state index contributed by atoms with van der Waals surface area (Å²) in [5.41, 5.74) is 5.34. The second-order valence-corrected chi connectivity index (χ2v) is 14.5. The number of unbranched alkanes of at least 4 members (excludes halogenated alkanes) is 4. The lowest BCUT2D eigenvalue weighted by Gasteiger charge is -2.19. The number of ether oxygens (including phenoxy) is 2. The third-order valence-corrected chi connectivity index (χ3v) is 8.83. The number of allylic oxidation sites excluding steroid dienone is 20. The zero-order valence-corrected chi connectivity index (χ0v) is 35.9. The predicted molar refractivity (Wildman–Crippen MR) is 237 cm³/mol. The fraction of sp³-hybridized carbons (Fsp3) is 0.532. The van der Waals surface area contributed by atoms with E-state index in [2.05, 4.69) is 129 Å². The molecule has 0 fully saturated rings. The molecule has 0 aromatic carbocycles. The van der Waals surface area contributed by atoms with Gasteiger partial charge in [-0.1, -0.05) is 142 Å². The molecule has 0 bridgehead atoms. The van der Waals surface area contributed by atoms with Crippen LogP contribution in [-0.4, -0.2) is 49.3 Å². The molecule has 0 aliphatic heterocycles. The average molecular weight is 812 g/mol. The van der Waals surface area contributed by atoms with Crippen molar-refractivity contribution in [2.45, 2.75) is 136 Å². The third-order valence-electron chi connectivity index (χ3n) is 7.84. The molecular formula is C47H74NO8P. The summed E-state index contributed by atoms with van der Waals surface area (Å²) in [5, 5.41) is 0. The molecular weight excluding hydrogens is 737 g/mol. The van der Waals surface area contributed by atoms with Crippen molar-refractivity contribution < 1.29 is 37.6 Å². The van der Waals surface area contributed by atoms with E-state index in [-0.39, 0.29) is 32.6 Å². The molecule has 0 radical (unpaired) electrons. The normalized spacial score (nSPS) is 14.5. The lowest BCUT2D eigenvalue weighted by Crippen LogP contribution is -2.29. The maximum absolute atomic E-state index is 12.6. The van der Waals surface area contributed by atoms with E-state index in [1.807, 2.05) is 6.08 Å². The van der Waals surface area contributed by atoms with Crippen molar-refractivity contribution in [3.63, 3.8) is 0 Å². The lowest BCUT2D eigenvalue weighted by molar-refractivity contribution is -0.161. The van der Waals surface area contributed by atoms with Crippen LogP contribution < -0.4 is 5.73 Å². The Morgan fingerprint density at radius 2 is 0.930 bits per heavy atom. The van der Waals surface area contributed by atoms with Crippen molar-refractivity contribution in [3.8, 4) is 0 Å². The highest BCUT2D eigenvalue weighted by Gasteiger charge is 2.25. The number of phosphoric ester groups is 1. The summed E-state index contributed by atoms with van der Waals surface area (Å²) in [6, 6.07) is 0. The average Bonchev–Trinajstić information content (AvgIpc) is 3.20. The van der Waals surface area contributed by atoms with Crippen LogP contribution in [-0.2, 0) is 32.7 Å². The lowest BCUT2D eigenvalue weighted by atomic mass is 10.1. The Morgan fingerprint density at radius 1 is 0.526 bits per heavy atom. The summed E-state index contributed by atoms with van der Waals surface area (Å²) in [6.07, 6.45) is 56.6. The first-order chi connectivity index (χ1) is 27.8. The van der Waals surface area contributed by atoms with Gasteiger partial charge in [-0.2, -0.15) is 0 Å². The monoisotopic (exact) mass is 812 g/mol. The maximum atomic E-state index is 12.6. The van der Waals surface area contributed by atoms with E-state index in [0.29, 0.717) is 19.3 Å². The molecule has 320 valence electrons. The molecule has 57 heavy (non-hydrogen) atoms. The zero-order chi connectivity index (χ0) is 41.8. The Hall–Kier alpha value is -3.59. The largest absolute Gasteiger partial charge is 0.472 e. The Morgan fingerprint density at radius 3 is 1.37 bits per heavy atom. The van der Waals surface area contributed by atoms with Gasteiger partial charge in [-0.15, -0.1) is 0 Å². The number of rotatable bonds is 37. The van der Waals surface area contributed by atoms with Gasteiger partial charge in [-0.3, -0.25) is 18.6 Å². The summed E-state index contributed by atoms with van der Waals surface area (Å²) in [6.45, 7) is 3.36. The van der Waals surface area contributed by atoms with E-state index >= 15 is 0 Å². The standard InChI is InChI=1S/C47H74NO8P/c1-3-5-7-9-11-13-15-17-19-21-22-24-25-27-29-31-33-35-37-39-46(49)53-43-45(44-55-57(51,52)54-42-41-48)56-47(50)40-38-36-34-32-30-28-26-23-20-18-16-14-12-10-8-6-4-2/h5-8,11-14,17-20,22,24,26-29,32,34,45H,3-4,9-10,15-16,21,23,25,30-31,33,35-44,48H2,1-2H3,(H,51,52)/b7-5-,8-6-,13-11-,14-12-,19-17-,20-18-,24-22-,28-26-,29-27-,34-32-/t45-/m1/s1. The van der Waals surface area contributed by atoms with Gasteiger partial charge in [0.25, 0.3) is 0 Å². The molecule has 0 aromatic rings. The third kappa shape index (κ3) is 41.9. The molecule has 0 rings (SSSR count). The molecule has 9 nitrogen and oxygen atoms in total. The molecule has 0 amide bonds. The van der Waals surface area contributed by atoms with Gasteiger partial charge in [-0.25, -0.2) is 4.57 Å². The molecule has 0 aliphatic rings. The minimum Gasteiger partial charge on any atom is -0.462 e. The number of esters is 2. The Balaban J connectivity index is 4.36. The second kappa shape index (κ2) is 42.0. The van der Waals surface area contributed by atoms with Gasteiger partial charge < -0.3 is 20.1 Å². The van der Waals surface area contributed by atoms with Gasteiger partial charge in [0.15, 0.2) is 6.10 Å². The zero-order valence-electron chi connectivity index (χ0n) is 35.0. The van der Waals surface area contributed by atoms with E-state index in [9.17, 15) is 19.0 Å². The van der Waals surface area contributed by atoms with Gasteiger partial charge in [-0.05, 0) is 96.3 Å². The molecule has 0 saturated carbocycles. The Bertz CT molecular complexity index is 1340. The van der Waals surface area contributed by atoms with E-state index in [4.69, 9.17) is 24.3 Å². The van der Waals surface area contributed by atoms with Gasteiger partial charge in [0.05, 0.1) is 13.2 Å². The van der Waals surface area contributed by atoms with Gasteiger partial charge in [0.2, 0.25) is 0 Å². The molecule has 1 unspecified atom stereocenters. The quantitative estimate of drug-likeness (QED) is 0.0272. The van der Waals surface area contributed by atoms with Gasteiger partial charge >= 0.3 is 19.8 Å². The molecule has 0 heterocycles. The van der Waals surface area contributed by atoms with Crippen LogP contribution in [0.25, 0.3) is 0 Å². The number of carbonyl (C=O) groups excluding carboxylic acids is 2. The number of nitrogens with two attached hydrogens (primary N) is 1. The Kier molecular flexibility index (Phi) is 39.4. The molecule has 0 aliphatic carbocycles. The van der Waals surface area contributed by atoms with Crippen LogP contribution in [0.3, 0.4) is 0 Å². The first kappa shape index (κ1) is 53.4. The summed E-state index contributed by atoms with van der Waals surface area (Å²) < 4.78 is 32.7.